The maximum absolute atomic E-state index is 12.5. The van der Waals surface area contributed by atoms with Gasteiger partial charge < -0.3 is 9.80 Å². The third-order valence-electron chi connectivity index (χ3n) is 4.35. The first-order valence-electron chi connectivity index (χ1n) is 6.81. The molecule has 1 aromatic rings. The van der Waals surface area contributed by atoms with Crippen molar-refractivity contribution in [3.8, 4) is 0 Å². The van der Waals surface area contributed by atoms with E-state index in [1.165, 1.54) is 25.8 Å². The zero-order valence-electron chi connectivity index (χ0n) is 10.8. The molecule has 18 heavy (non-hydrogen) atoms. The summed E-state index contributed by atoms with van der Waals surface area (Å²) in [4.78, 5) is 17.0. The fourth-order valence-corrected chi connectivity index (χ4v) is 4.05. The Balaban J connectivity index is 1.77. The van der Waals surface area contributed by atoms with Crippen LogP contribution in [0.15, 0.2) is 16.8 Å². The fourth-order valence-electron chi connectivity index (χ4n) is 3.42. The number of amides is 1. The van der Waals surface area contributed by atoms with Gasteiger partial charge in [0, 0.05) is 24.0 Å². The van der Waals surface area contributed by atoms with Crippen molar-refractivity contribution in [2.45, 2.75) is 37.8 Å². The highest BCUT2D eigenvalue weighted by Crippen LogP contribution is 2.30. The number of likely N-dealkylation sites (N-methyl/N-ethyl adjacent to an activating group) is 1. The molecule has 0 saturated carbocycles. The largest absolute Gasteiger partial charge is 0.334 e. The molecule has 3 nitrogen and oxygen atoms in total. The molecule has 2 saturated heterocycles. The minimum atomic E-state index is 0.235. The summed E-state index contributed by atoms with van der Waals surface area (Å²) in [6.07, 6.45) is 4.85. The van der Waals surface area contributed by atoms with Crippen LogP contribution in [-0.2, 0) is 0 Å². The van der Waals surface area contributed by atoms with E-state index >= 15 is 0 Å². The zero-order chi connectivity index (χ0) is 12.5. The molecule has 0 aliphatic carbocycles. The summed E-state index contributed by atoms with van der Waals surface area (Å²) in [6, 6.07) is 2.96. The topological polar surface area (TPSA) is 23.6 Å². The lowest BCUT2D eigenvalue weighted by atomic mass is 10.0. The monoisotopic (exact) mass is 264 g/mol. The van der Waals surface area contributed by atoms with Gasteiger partial charge in [0.1, 0.15) is 0 Å². The molecular formula is C14H20N2OS. The van der Waals surface area contributed by atoms with Crippen LogP contribution in [0, 0.1) is 0 Å². The summed E-state index contributed by atoms with van der Waals surface area (Å²) in [5.41, 5.74) is 0.868. The second kappa shape index (κ2) is 5.02. The molecule has 98 valence electrons. The van der Waals surface area contributed by atoms with Gasteiger partial charge in [0.25, 0.3) is 5.91 Å². The third kappa shape index (κ3) is 2.08. The minimum Gasteiger partial charge on any atom is -0.334 e. The number of rotatable bonds is 2. The van der Waals surface area contributed by atoms with Crippen LogP contribution in [-0.4, -0.2) is 47.9 Å². The highest BCUT2D eigenvalue weighted by Gasteiger charge is 2.38. The Labute approximate surface area is 112 Å². The molecule has 0 bridgehead atoms. The van der Waals surface area contributed by atoms with Gasteiger partial charge in [-0.3, -0.25) is 4.79 Å². The molecule has 1 aromatic heterocycles. The number of hydrogen-bond donors (Lipinski definition) is 0. The van der Waals surface area contributed by atoms with Crippen molar-refractivity contribution in [1.82, 2.24) is 9.80 Å². The van der Waals surface area contributed by atoms with Gasteiger partial charge in [-0.05, 0) is 50.7 Å². The predicted octanol–water partition coefficient (Wildman–Crippen LogP) is 2.45. The molecule has 3 rings (SSSR count). The number of carbonyl (C=O) groups excluding carboxylic acids is 1. The molecule has 2 aliphatic rings. The van der Waals surface area contributed by atoms with Crippen LogP contribution >= 0.6 is 11.3 Å². The third-order valence-corrected chi connectivity index (χ3v) is 5.03. The SMILES string of the molecule is CN1CCC[C@H]1[C@@H]1CCCN1C(=O)c1ccsc1. The van der Waals surface area contributed by atoms with Crippen molar-refractivity contribution >= 4 is 17.2 Å². The maximum Gasteiger partial charge on any atom is 0.255 e. The second-order valence-electron chi connectivity index (χ2n) is 5.41. The Morgan fingerprint density at radius 3 is 2.72 bits per heavy atom. The molecule has 2 atom stereocenters. The molecule has 0 unspecified atom stereocenters. The van der Waals surface area contributed by atoms with E-state index in [0.29, 0.717) is 12.1 Å². The first-order valence-corrected chi connectivity index (χ1v) is 7.75. The lowest BCUT2D eigenvalue weighted by Gasteiger charge is -2.33. The molecular weight excluding hydrogens is 244 g/mol. The zero-order valence-corrected chi connectivity index (χ0v) is 11.7. The first-order chi connectivity index (χ1) is 8.77. The first kappa shape index (κ1) is 12.2. The highest BCUT2D eigenvalue weighted by atomic mass is 32.1. The summed E-state index contributed by atoms with van der Waals surface area (Å²) >= 11 is 1.60. The van der Waals surface area contributed by atoms with Gasteiger partial charge in [-0.2, -0.15) is 11.3 Å². The predicted molar refractivity (Wildman–Crippen MR) is 74.0 cm³/mol. The van der Waals surface area contributed by atoms with Crippen molar-refractivity contribution < 1.29 is 4.79 Å². The number of likely N-dealkylation sites (tertiary alicyclic amines) is 2. The summed E-state index contributed by atoms with van der Waals surface area (Å²) in [5, 5.41) is 3.95. The Bertz CT molecular complexity index is 417. The van der Waals surface area contributed by atoms with E-state index in [1.54, 1.807) is 11.3 Å². The Morgan fingerprint density at radius 2 is 2.06 bits per heavy atom. The standard InChI is InChI=1S/C14H20N2OS/c1-15-7-2-4-12(15)13-5-3-8-16(13)14(17)11-6-9-18-10-11/h6,9-10,12-13H,2-5,7-8H2,1H3/t12-,13-/m0/s1. The van der Waals surface area contributed by atoms with Crippen molar-refractivity contribution in [1.29, 1.82) is 0 Å². The molecule has 3 heterocycles. The molecule has 2 aliphatic heterocycles. The van der Waals surface area contributed by atoms with Gasteiger partial charge in [0.15, 0.2) is 0 Å². The van der Waals surface area contributed by atoms with Crippen molar-refractivity contribution in [3.63, 3.8) is 0 Å². The molecule has 0 aromatic carbocycles. The number of carbonyl (C=O) groups is 1. The van der Waals surface area contributed by atoms with Crippen molar-refractivity contribution in [3.05, 3.63) is 22.4 Å². The normalized spacial score (nSPS) is 29.1. The molecule has 0 N–H and O–H groups in total. The fraction of sp³-hybridized carbons (Fsp3) is 0.643. The van der Waals surface area contributed by atoms with E-state index in [1.807, 2.05) is 16.8 Å². The Morgan fingerprint density at radius 1 is 1.28 bits per heavy atom. The van der Waals surface area contributed by atoms with Crippen molar-refractivity contribution in [2.75, 3.05) is 20.1 Å². The van der Waals surface area contributed by atoms with Crippen LogP contribution in [0.3, 0.4) is 0 Å². The van der Waals surface area contributed by atoms with Crippen LogP contribution in [0.4, 0.5) is 0 Å². The molecule has 1 amide bonds. The van der Waals surface area contributed by atoms with Gasteiger partial charge in [-0.15, -0.1) is 0 Å². The average Bonchev–Trinajstić information content (AvgIpc) is 3.09. The van der Waals surface area contributed by atoms with E-state index in [4.69, 9.17) is 0 Å². The number of hydrogen-bond acceptors (Lipinski definition) is 3. The second-order valence-corrected chi connectivity index (χ2v) is 6.19. The Kier molecular flexibility index (Phi) is 3.39. The summed E-state index contributed by atoms with van der Waals surface area (Å²) in [6.45, 7) is 2.12. The summed E-state index contributed by atoms with van der Waals surface area (Å²) in [5.74, 6) is 0.235. The molecule has 0 spiro atoms. The minimum absolute atomic E-state index is 0.235. The van der Waals surface area contributed by atoms with Gasteiger partial charge >= 0.3 is 0 Å². The van der Waals surface area contributed by atoms with Crippen LogP contribution in [0.5, 0.6) is 0 Å². The van der Waals surface area contributed by atoms with Crippen molar-refractivity contribution in [2.24, 2.45) is 0 Å². The van der Waals surface area contributed by atoms with E-state index in [-0.39, 0.29) is 5.91 Å². The van der Waals surface area contributed by atoms with Gasteiger partial charge in [0.05, 0.1) is 5.56 Å². The lowest BCUT2D eigenvalue weighted by molar-refractivity contribution is 0.0665. The quantitative estimate of drug-likeness (QED) is 0.819. The van der Waals surface area contributed by atoms with Crippen LogP contribution < -0.4 is 0 Å². The van der Waals surface area contributed by atoms with E-state index in [0.717, 1.165) is 18.5 Å². The van der Waals surface area contributed by atoms with Gasteiger partial charge in [0.2, 0.25) is 0 Å². The van der Waals surface area contributed by atoms with Crippen LogP contribution in [0.2, 0.25) is 0 Å². The van der Waals surface area contributed by atoms with Crippen LogP contribution in [0.25, 0.3) is 0 Å². The highest BCUT2D eigenvalue weighted by molar-refractivity contribution is 7.08. The van der Waals surface area contributed by atoms with Gasteiger partial charge in [-0.25, -0.2) is 0 Å². The van der Waals surface area contributed by atoms with E-state index in [2.05, 4.69) is 16.8 Å². The van der Waals surface area contributed by atoms with E-state index < -0.39 is 0 Å². The number of thiophene rings is 1. The Hall–Kier alpha value is -0.870. The average molecular weight is 264 g/mol. The summed E-state index contributed by atoms with van der Waals surface area (Å²) < 4.78 is 0. The number of nitrogens with zero attached hydrogens (tertiary/aromatic N) is 2. The smallest absolute Gasteiger partial charge is 0.255 e. The molecule has 0 radical (unpaired) electrons. The lowest BCUT2D eigenvalue weighted by Crippen LogP contribution is -2.47. The molecule has 2 fully saturated rings. The van der Waals surface area contributed by atoms with Crippen LogP contribution in [0.1, 0.15) is 36.0 Å². The van der Waals surface area contributed by atoms with E-state index in [9.17, 15) is 4.79 Å². The summed E-state index contributed by atoms with van der Waals surface area (Å²) in [7, 11) is 2.20. The molecule has 4 heteroatoms. The van der Waals surface area contributed by atoms with Gasteiger partial charge in [-0.1, -0.05) is 0 Å². The maximum atomic E-state index is 12.5.